The lowest BCUT2D eigenvalue weighted by atomic mass is 10.1. The first-order chi connectivity index (χ1) is 9.61. The number of amides is 1. The van der Waals surface area contributed by atoms with Crippen LogP contribution in [0.1, 0.15) is 10.8 Å². The van der Waals surface area contributed by atoms with Crippen LogP contribution in [0.3, 0.4) is 0 Å². The second-order valence-corrected chi connectivity index (χ2v) is 6.16. The number of nitrogens with two attached hydrogens (primary N) is 2. The monoisotopic (exact) mass is 351 g/mol. The molecule has 2 rings (SSSR count). The molecule has 0 radical (unpaired) electrons. The van der Waals surface area contributed by atoms with E-state index in [1.807, 2.05) is 42.5 Å². The molecular weight excluding hydrogens is 338 g/mol. The fraction of sp³-hybridized carbons (Fsp3) is 0.0714. The average Bonchev–Trinajstić information content (AvgIpc) is 2.48. The summed E-state index contributed by atoms with van der Waals surface area (Å²) in [4.78, 5) is 12.8. The van der Waals surface area contributed by atoms with Gasteiger partial charge in [-0.15, -0.1) is 11.8 Å². The first-order valence-electron chi connectivity index (χ1n) is 5.89. The van der Waals surface area contributed by atoms with Crippen LogP contribution < -0.4 is 17.0 Å². The van der Waals surface area contributed by atoms with Crippen molar-refractivity contribution in [3.63, 3.8) is 0 Å². The van der Waals surface area contributed by atoms with Gasteiger partial charge in [0, 0.05) is 15.1 Å². The number of thioether (sulfide) groups is 1. The highest BCUT2D eigenvalue weighted by atomic mass is 79.9. The minimum absolute atomic E-state index is 0.263. The van der Waals surface area contributed by atoms with E-state index in [1.165, 1.54) is 11.8 Å². The fourth-order valence-electron chi connectivity index (χ4n) is 1.71. The van der Waals surface area contributed by atoms with Gasteiger partial charge in [0.1, 0.15) is 5.25 Å². The lowest BCUT2D eigenvalue weighted by Crippen LogP contribution is -2.33. The summed E-state index contributed by atoms with van der Waals surface area (Å²) >= 11 is 4.77. The van der Waals surface area contributed by atoms with Crippen molar-refractivity contribution < 1.29 is 4.79 Å². The predicted octanol–water partition coefficient (Wildman–Crippen LogP) is 2.85. The number of benzene rings is 2. The summed E-state index contributed by atoms with van der Waals surface area (Å²) in [6, 6.07) is 15.0. The molecule has 5 N–H and O–H groups in total. The van der Waals surface area contributed by atoms with Gasteiger partial charge in [-0.2, -0.15) is 0 Å². The molecule has 0 aliphatic carbocycles. The van der Waals surface area contributed by atoms with Crippen LogP contribution >= 0.6 is 27.7 Å². The van der Waals surface area contributed by atoms with Crippen LogP contribution in [-0.4, -0.2) is 5.91 Å². The summed E-state index contributed by atoms with van der Waals surface area (Å²) in [5, 5.41) is -0.446. The molecule has 0 aliphatic heterocycles. The molecule has 0 saturated carbocycles. The molecular formula is C14H14BrN3OS. The standard InChI is InChI=1S/C14H14BrN3OS/c15-10-6-7-11(16)12(8-10)20-13(14(19)18-17)9-4-2-1-3-5-9/h1-8,13H,16-17H2,(H,18,19). The second kappa shape index (κ2) is 6.78. The van der Waals surface area contributed by atoms with Crippen LogP contribution in [-0.2, 0) is 4.79 Å². The summed E-state index contributed by atoms with van der Waals surface area (Å²) in [6.45, 7) is 0. The molecule has 0 heterocycles. The van der Waals surface area contributed by atoms with E-state index in [0.29, 0.717) is 5.69 Å². The molecule has 1 atom stereocenters. The van der Waals surface area contributed by atoms with E-state index >= 15 is 0 Å². The Morgan fingerprint density at radius 2 is 1.90 bits per heavy atom. The molecule has 1 unspecified atom stereocenters. The first-order valence-corrected chi connectivity index (χ1v) is 7.56. The third kappa shape index (κ3) is 3.53. The third-order valence-corrected chi connectivity index (χ3v) is 4.53. The van der Waals surface area contributed by atoms with Gasteiger partial charge in [-0.05, 0) is 23.8 Å². The molecule has 0 fully saturated rings. The Morgan fingerprint density at radius 1 is 1.20 bits per heavy atom. The highest BCUT2D eigenvalue weighted by Gasteiger charge is 2.22. The SMILES string of the molecule is NNC(=O)C(Sc1cc(Br)ccc1N)c1ccccc1. The smallest absolute Gasteiger partial charge is 0.251 e. The van der Waals surface area contributed by atoms with E-state index in [-0.39, 0.29) is 5.91 Å². The highest BCUT2D eigenvalue weighted by Crippen LogP contribution is 2.39. The Kier molecular flexibility index (Phi) is 5.05. The number of nitrogens with one attached hydrogen (secondary N) is 1. The van der Waals surface area contributed by atoms with E-state index in [4.69, 9.17) is 11.6 Å². The third-order valence-electron chi connectivity index (χ3n) is 2.70. The van der Waals surface area contributed by atoms with Crippen LogP contribution in [0, 0.1) is 0 Å². The molecule has 0 aromatic heterocycles. The van der Waals surface area contributed by atoms with Crippen molar-refractivity contribution in [3.8, 4) is 0 Å². The summed E-state index contributed by atoms with van der Waals surface area (Å²) in [7, 11) is 0. The number of rotatable bonds is 4. The Morgan fingerprint density at radius 3 is 2.55 bits per heavy atom. The van der Waals surface area contributed by atoms with Crippen molar-refractivity contribution in [2.75, 3.05) is 5.73 Å². The van der Waals surface area contributed by atoms with Gasteiger partial charge in [-0.25, -0.2) is 5.84 Å². The quantitative estimate of drug-likeness (QED) is 0.260. The van der Waals surface area contributed by atoms with Crippen LogP contribution in [0.5, 0.6) is 0 Å². The number of halogens is 1. The Labute approximate surface area is 130 Å². The molecule has 0 aliphatic rings. The Hall–Kier alpha value is -1.50. The molecule has 0 spiro atoms. The largest absolute Gasteiger partial charge is 0.398 e. The summed E-state index contributed by atoms with van der Waals surface area (Å²) < 4.78 is 0.911. The lowest BCUT2D eigenvalue weighted by molar-refractivity contribution is -0.120. The van der Waals surface area contributed by atoms with E-state index in [0.717, 1.165) is 14.9 Å². The molecule has 2 aromatic carbocycles. The predicted molar refractivity (Wildman–Crippen MR) is 85.9 cm³/mol. The maximum Gasteiger partial charge on any atom is 0.251 e. The van der Waals surface area contributed by atoms with E-state index in [1.54, 1.807) is 6.07 Å². The van der Waals surface area contributed by atoms with Gasteiger partial charge < -0.3 is 5.73 Å². The van der Waals surface area contributed by atoms with Crippen LogP contribution in [0.2, 0.25) is 0 Å². The van der Waals surface area contributed by atoms with Gasteiger partial charge in [0.15, 0.2) is 0 Å². The highest BCUT2D eigenvalue weighted by molar-refractivity contribution is 9.10. The molecule has 0 bridgehead atoms. The van der Waals surface area contributed by atoms with Gasteiger partial charge in [0.25, 0.3) is 5.91 Å². The summed E-state index contributed by atoms with van der Waals surface area (Å²) in [5.41, 5.74) is 9.66. The average molecular weight is 352 g/mol. The number of carbonyl (C=O) groups is 1. The molecule has 2 aromatic rings. The minimum Gasteiger partial charge on any atom is -0.398 e. The molecule has 0 saturated heterocycles. The lowest BCUT2D eigenvalue weighted by Gasteiger charge is -2.16. The van der Waals surface area contributed by atoms with Crippen LogP contribution in [0.4, 0.5) is 5.69 Å². The number of carbonyl (C=O) groups excluding carboxylic acids is 1. The minimum atomic E-state index is -0.446. The zero-order chi connectivity index (χ0) is 14.5. The number of hydrogen-bond acceptors (Lipinski definition) is 4. The molecule has 104 valence electrons. The number of anilines is 1. The zero-order valence-electron chi connectivity index (χ0n) is 10.5. The normalized spacial score (nSPS) is 11.9. The number of nitrogen functional groups attached to an aromatic ring is 1. The second-order valence-electron chi connectivity index (χ2n) is 4.10. The summed E-state index contributed by atoms with van der Waals surface area (Å²) in [5.74, 6) is 5.02. The molecule has 20 heavy (non-hydrogen) atoms. The fourth-order valence-corrected chi connectivity index (χ4v) is 3.35. The molecule has 1 amide bonds. The van der Waals surface area contributed by atoms with Crippen molar-refractivity contribution >= 4 is 39.3 Å². The number of hydrogen-bond donors (Lipinski definition) is 3. The van der Waals surface area contributed by atoms with Gasteiger partial charge >= 0.3 is 0 Å². The Balaban J connectivity index is 2.34. The van der Waals surface area contributed by atoms with E-state index in [9.17, 15) is 4.79 Å². The van der Waals surface area contributed by atoms with Crippen LogP contribution in [0.25, 0.3) is 0 Å². The topological polar surface area (TPSA) is 81.1 Å². The van der Waals surface area contributed by atoms with Crippen molar-refractivity contribution in [3.05, 3.63) is 58.6 Å². The Bertz CT molecular complexity index is 607. The molecule has 6 heteroatoms. The maximum atomic E-state index is 12.0. The van der Waals surface area contributed by atoms with Crippen molar-refractivity contribution in [2.45, 2.75) is 10.1 Å². The van der Waals surface area contributed by atoms with Gasteiger partial charge in [-0.1, -0.05) is 46.3 Å². The van der Waals surface area contributed by atoms with E-state index in [2.05, 4.69) is 21.4 Å². The van der Waals surface area contributed by atoms with Crippen molar-refractivity contribution in [2.24, 2.45) is 5.84 Å². The first kappa shape index (κ1) is 14.9. The van der Waals surface area contributed by atoms with E-state index < -0.39 is 5.25 Å². The summed E-state index contributed by atoms with van der Waals surface area (Å²) in [6.07, 6.45) is 0. The van der Waals surface area contributed by atoms with Gasteiger partial charge in [0.2, 0.25) is 0 Å². The maximum absolute atomic E-state index is 12.0. The molecule has 4 nitrogen and oxygen atoms in total. The van der Waals surface area contributed by atoms with Gasteiger partial charge in [-0.3, -0.25) is 10.2 Å². The van der Waals surface area contributed by atoms with Gasteiger partial charge in [0.05, 0.1) is 0 Å². The zero-order valence-corrected chi connectivity index (χ0v) is 12.9. The van der Waals surface area contributed by atoms with Crippen molar-refractivity contribution in [1.82, 2.24) is 5.43 Å². The van der Waals surface area contributed by atoms with Crippen LogP contribution in [0.15, 0.2) is 57.9 Å². The number of hydrazine groups is 1. The van der Waals surface area contributed by atoms with Crippen molar-refractivity contribution in [1.29, 1.82) is 0 Å².